The maximum atomic E-state index is 11.0. The highest BCUT2D eigenvalue weighted by Crippen LogP contribution is 2.35. The first-order chi connectivity index (χ1) is 12.5. The molecule has 26 heavy (non-hydrogen) atoms. The van der Waals surface area contributed by atoms with E-state index < -0.39 is 5.97 Å². The number of hydrogen-bond acceptors (Lipinski definition) is 6. The maximum absolute atomic E-state index is 11.0. The summed E-state index contributed by atoms with van der Waals surface area (Å²) in [5, 5.41) is 17.5. The molecule has 0 saturated heterocycles. The standard InChI is InChI=1S/C19H23N3O4/c1-5-22(6-2)14-8-10-16(18(12-14)26-4)21-20-15-9-7-13(19(23)24)11-17(15)25-3/h7-12H,5-6H2,1-4H3,(H,23,24). The lowest BCUT2D eigenvalue weighted by atomic mass is 10.2. The molecule has 0 aromatic heterocycles. The number of hydrogen-bond donors (Lipinski definition) is 1. The zero-order valence-corrected chi connectivity index (χ0v) is 15.4. The van der Waals surface area contributed by atoms with Gasteiger partial charge in [0, 0.05) is 24.8 Å². The van der Waals surface area contributed by atoms with Crippen molar-refractivity contribution in [1.82, 2.24) is 0 Å². The molecule has 0 unspecified atom stereocenters. The average molecular weight is 357 g/mol. The van der Waals surface area contributed by atoms with E-state index in [4.69, 9.17) is 14.6 Å². The van der Waals surface area contributed by atoms with Crippen LogP contribution in [-0.2, 0) is 0 Å². The highest BCUT2D eigenvalue weighted by Gasteiger charge is 2.10. The molecule has 0 radical (unpaired) electrons. The van der Waals surface area contributed by atoms with Crippen LogP contribution in [0.2, 0.25) is 0 Å². The normalized spacial score (nSPS) is 10.8. The van der Waals surface area contributed by atoms with Gasteiger partial charge in [-0.3, -0.25) is 0 Å². The van der Waals surface area contributed by atoms with Crippen LogP contribution in [-0.4, -0.2) is 38.4 Å². The fourth-order valence-corrected chi connectivity index (χ4v) is 2.54. The Bertz CT molecular complexity index is 801. The highest BCUT2D eigenvalue weighted by atomic mass is 16.5. The molecule has 0 aliphatic heterocycles. The molecule has 0 amide bonds. The molecule has 0 atom stereocenters. The lowest BCUT2D eigenvalue weighted by Gasteiger charge is -2.21. The smallest absolute Gasteiger partial charge is 0.335 e. The molecule has 7 nitrogen and oxygen atoms in total. The zero-order valence-electron chi connectivity index (χ0n) is 15.4. The van der Waals surface area contributed by atoms with Gasteiger partial charge in [0.15, 0.2) is 0 Å². The molecule has 0 aliphatic rings. The Labute approximate surface area is 152 Å². The van der Waals surface area contributed by atoms with Crippen LogP contribution in [0.15, 0.2) is 46.6 Å². The van der Waals surface area contributed by atoms with E-state index in [0.29, 0.717) is 22.9 Å². The fraction of sp³-hybridized carbons (Fsp3) is 0.316. The van der Waals surface area contributed by atoms with Crippen molar-refractivity contribution in [2.45, 2.75) is 13.8 Å². The second-order valence-electron chi connectivity index (χ2n) is 5.42. The molecule has 1 N–H and O–H groups in total. The lowest BCUT2D eigenvalue weighted by molar-refractivity contribution is 0.0696. The average Bonchev–Trinajstić information content (AvgIpc) is 2.67. The van der Waals surface area contributed by atoms with E-state index in [9.17, 15) is 4.79 Å². The first-order valence-electron chi connectivity index (χ1n) is 8.30. The van der Waals surface area contributed by atoms with Crippen LogP contribution in [0.4, 0.5) is 17.1 Å². The van der Waals surface area contributed by atoms with E-state index in [1.54, 1.807) is 13.2 Å². The molecule has 7 heteroatoms. The third-order valence-electron chi connectivity index (χ3n) is 3.98. The molecule has 0 heterocycles. The number of rotatable bonds is 8. The maximum Gasteiger partial charge on any atom is 0.335 e. The van der Waals surface area contributed by atoms with Crippen LogP contribution in [0.25, 0.3) is 0 Å². The quantitative estimate of drug-likeness (QED) is 0.694. The summed E-state index contributed by atoms with van der Waals surface area (Å²) in [4.78, 5) is 13.3. The van der Waals surface area contributed by atoms with Crippen LogP contribution < -0.4 is 14.4 Å². The van der Waals surface area contributed by atoms with E-state index in [0.717, 1.165) is 18.8 Å². The van der Waals surface area contributed by atoms with Crippen molar-refractivity contribution in [3.05, 3.63) is 42.0 Å². The summed E-state index contributed by atoms with van der Waals surface area (Å²) < 4.78 is 10.6. The molecule has 0 aliphatic carbocycles. The predicted octanol–water partition coefficient (Wildman–Crippen LogP) is 4.66. The molecular weight excluding hydrogens is 334 g/mol. The van der Waals surface area contributed by atoms with Crippen molar-refractivity contribution in [3.63, 3.8) is 0 Å². The van der Waals surface area contributed by atoms with Gasteiger partial charge < -0.3 is 19.5 Å². The van der Waals surface area contributed by atoms with E-state index in [-0.39, 0.29) is 5.56 Å². The van der Waals surface area contributed by atoms with E-state index in [1.165, 1.54) is 19.2 Å². The van der Waals surface area contributed by atoms with Crippen molar-refractivity contribution in [3.8, 4) is 11.5 Å². The molecule has 2 rings (SSSR count). The predicted molar refractivity (Wildman–Crippen MR) is 101 cm³/mol. The van der Waals surface area contributed by atoms with Gasteiger partial charge in [0.2, 0.25) is 0 Å². The number of carboxylic acids is 1. The summed E-state index contributed by atoms with van der Waals surface area (Å²) in [6.45, 7) is 5.98. The summed E-state index contributed by atoms with van der Waals surface area (Å²) >= 11 is 0. The van der Waals surface area contributed by atoms with Crippen LogP contribution in [0.1, 0.15) is 24.2 Å². The topological polar surface area (TPSA) is 83.7 Å². The van der Waals surface area contributed by atoms with E-state index in [1.807, 2.05) is 18.2 Å². The van der Waals surface area contributed by atoms with Gasteiger partial charge >= 0.3 is 5.97 Å². The van der Waals surface area contributed by atoms with Gasteiger partial charge in [-0.25, -0.2) is 4.79 Å². The number of carbonyl (C=O) groups is 1. The van der Waals surface area contributed by atoms with E-state index in [2.05, 4.69) is 29.0 Å². The number of carboxylic acid groups (broad SMARTS) is 1. The van der Waals surface area contributed by atoms with Crippen LogP contribution >= 0.6 is 0 Å². The minimum Gasteiger partial charge on any atom is -0.494 e. The van der Waals surface area contributed by atoms with Crippen LogP contribution in [0.3, 0.4) is 0 Å². The van der Waals surface area contributed by atoms with Crippen molar-refractivity contribution in [2.75, 3.05) is 32.2 Å². The largest absolute Gasteiger partial charge is 0.494 e. The summed E-state index contributed by atoms with van der Waals surface area (Å²) in [7, 11) is 3.04. The lowest BCUT2D eigenvalue weighted by Crippen LogP contribution is -2.21. The summed E-state index contributed by atoms with van der Waals surface area (Å²) in [5.41, 5.74) is 2.19. The number of nitrogens with zero attached hydrogens (tertiary/aromatic N) is 3. The molecule has 0 bridgehead atoms. The minimum absolute atomic E-state index is 0.127. The number of anilines is 1. The van der Waals surface area contributed by atoms with Gasteiger partial charge in [-0.1, -0.05) is 0 Å². The number of aromatic carboxylic acids is 1. The Hall–Kier alpha value is -3.09. The summed E-state index contributed by atoms with van der Waals surface area (Å²) in [6, 6.07) is 10.2. The van der Waals surface area contributed by atoms with Gasteiger partial charge in [-0.15, -0.1) is 10.2 Å². The number of methoxy groups -OCH3 is 2. The summed E-state index contributed by atoms with van der Waals surface area (Å²) in [6.07, 6.45) is 0. The zero-order chi connectivity index (χ0) is 19.1. The Morgan fingerprint density at radius 1 is 0.962 bits per heavy atom. The monoisotopic (exact) mass is 357 g/mol. The Morgan fingerprint density at radius 2 is 1.50 bits per heavy atom. The van der Waals surface area contributed by atoms with Crippen molar-refractivity contribution >= 4 is 23.0 Å². The fourth-order valence-electron chi connectivity index (χ4n) is 2.54. The Morgan fingerprint density at radius 3 is 2.00 bits per heavy atom. The molecule has 0 fully saturated rings. The van der Waals surface area contributed by atoms with E-state index >= 15 is 0 Å². The van der Waals surface area contributed by atoms with Crippen molar-refractivity contribution in [1.29, 1.82) is 0 Å². The van der Waals surface area contributed by atoms with Crippen molar-refractivity contribution < 1.29 is 19.4 Å². The molecule has 2 aromatic carbocycles. The molecule has 138 valence electrons. The number of azo groups is 1. The minimum atomic E-state index is -1.03. The molecule has 0 saturated carbocycles. The first-order valence-corrected chi connectivity index (χ1v) is 8.30. The Balaban J connectivity index is 2.34. The van der Waals surface area contributed by atoms with Crippen LogP contribution in [0, 0.1) is 0 Å². The SMILES string of the molecule is CCN(CC)c1ccc(N=Nc2ccc(C(=O)O)cc2OC)c(OC)c1. The van der Waals surface area contributed by atoms with Gasteiger partial charge in [-0.05, 0) is 44.2 Å². The van der Waals surface area contributed by atoms with Gasteiger partial charge in [0.05, 0.1) is 19.8 Å². The Kier molecular flexibility index (Phi) is 6.54. The van der Waals surface area contributed by atoms with Gasteiger partial charge in [0.25, 0.3) is 0 Å². The third-order valence-corrected chi connectivity index (χ3v) is 3.98. The summed E-state index contributed by atoms with van der Waals surface area (Å²) in [5.74, 6) is -0.0768. The number of ether oxygens (including phenoxy) is 2. The molecular formula is C19H23N3O4. The second kappa shape index (κ2) is 8.84. The van der Waals surface area contributed by atoms with Crippen molar-refractivity contribution in [2.24, 2.45) is 10.2 Å². The first kappa shape index (κ1) is 19.2. The third kappa shape index (κ3) is 4.30. The van der Waals surface area contributed by atoms with Crippen LogP contribution in [0.5, 0.6) is 11.5 Å². The number of benzene rings is 2. The van der Waals surface area contributed by atoms with Gasteiger partial charge in [-0.2, -0.15) is 0 Å². The van der Waals surface area contributed by atoms with Gasteiger partial charge in [0.1, 0.15) is 22.9 Å². The molecule has 2 aromatic rings. The second-order valence-corrected chi connectivity index (χ2v) is 5.42. The molecule has 0 spiro atoms. The highest BCUT2D eigenvalue weighted by molar-refractivity contribution is 5.88.